The number of benzene rings is 9. The molecule has 0 saturated heterocycles. The van der Waals surface area contributed by atoms with E-state index in [9.17, 15) is 0 Å². The summed E-state index contributed by atoms with van der Waals surface area (Å²) >= 11 is 0. The molecule has 2 aliphatic carbocycles. The molecule has 0 unspecified atom stereocenters. The second-order valence-electron chi connectivity index (χ2n) is 22.7. The summed E-state index contributed by atoms with van der Waals surface area (Å²) in [4.78, 5) is 0. The maximum absolute atomic E-state index is 2.52. The van der Waals surface area contributed by atoms with Crippen LogP contribution in [0.25, 0.3) is 98.8 Å². The van der Waals surface area contributed by atoms with Crippen molar-refractivity contribution in [2.75, 3.05) is 0 Å². The molecule has 2 aromatic heterocycles. The first-order valence-electron chi connectivity index (χ1n) is 23.9. The SMILES string of the molecule is CC(C)(C)c1ccc2c(c1)c1cc3c(cc1n2-c1ccc2cc4cc(-n5c6ccc(C(C)(C)C)cc6c6cc7c(cc65)C(C)(C)c5ccccc5-7)ccc4cc2c1)C(C)(C)c1ccccc1-3. The zero-order valence-electron chi connectivity index (χ0n) is 39.9. The zero-order valence-corrected chi connectivity index (χ0v) is 39.9. The molecule has 0 amide bonds. The van der Waals surface area contributed by atoms with Gasteiger partial charge in [-0.05, 0) is 173 Å². The predicted octanol–water partition coefficient (Wildman–Crippen LogP) is 17.4. The van der Waals surface area contributed by atoms with Gasteiger partial charge >= 0.3 is 0 Å². The normalized spacial score (nSPS) is 15.1. The lowest BCUT2D eigenvalue weighted by atomic mass is 9.82. The monoisotopic (exact) mass is 852 g/mol. The van der Waals surface area contributed by atoms with E-state index in [0.29, 0.717) is 0 Å². The minimum atomic E-state index is -0.0871. The van der Waals surface area contributed by atoms with Gasteiger partial charge in [-0.1, -0.05) is 142 Å². The smallest absolute Gasteiger partial charge is 0.0544 e. The highest BCUT2D eigenvalue weighted by atomic mass is 15.0. The van der Waals surface area contributed by atoms with Gasteiger partial charge in [0.1, 0.15) is 0 Å². The van der Waals surface area contributed by atoms with Crippen molar-refractivity contribution in [2.24, 2.45) is 0 Å². The predicted molar refractivity (Wildman–Crippen MR) is 283 cm³/mol. The second-order valence-corrected chi connectivity index (χ2v) is 22.7. The average Bonchev–Trinajstić information content (AvgIpc) is 3.94. The number of fused-ring (bicyclic) bond motifs is 14. The van der Waals surface area contributed by atoms with Gasteiger partial charge in [0, 0.05) is 43.7 Å². The number of rotatable bonds is 2. The van der Waals surface area contributed by atoms with Gasteiger partial charge in [-0.15, -0.1) is 0 Å². The Hall–Kier alpha value is -6.90. The lowest BCUT2D eigenvalue weighted by Gasteiger charge is -2.21. The van der Waals surface area contributed by atoms with E-state index in [2.05, 4.69) is 236 Å². The first kappa shape index (κ1) is 39.5. The molecule has 9 aromatic carbocycles. The van der Waals surface area contributed by atoms with Gasteiger partial charge in [-0.25, -0.2) is 0 Å². The molecule has 0 radical (unpaired) electrons. The van der Waals surface area contributed by atoms with E-state index in [1.54, 1.807) is 0 Å². The van der Waals surface area contributed by atoms with Crippen molar-refractivity contribution in [3.05, 3.63) is 191 Å². The summed E-state index contributed by atoms with van der Waals surface area (Å²) in [5.41, 5.74) is 21.1. The molecule has 0 spiro atoms. The molecule has 0 aliphatic heterocycles. The van der Waals surface area contributed by atoms with Crippen LogP contribution in [0.15, 0.2) is 158 Å². The summed E-state index contributed by atoms with van der Waals surface area (Å²) in [7, 11) is 0. The van der Waals surface area contributed by atoms with Gasteiger partial charge < -0.3 is 9.13 Å². The van der Waals surface area contributed by atoms with Gasteiger partial charge in [0.25, 0.3) is 0 Å². The molecule has 0 atom stereocenters. The van der Waals surface area contributed by atoms with E-state index in [1.165, 1.54) is 132 Å². The van der Waals surface area contributed by atoms with Crippen LogP contribution in [0.5, 0.6) is 0 Å². The van der Waals surface area contributed by atoms with Gasteiger partial charge in [0.15, 0.2) is 0 Å². The van der Waals surface area contributed by atoms with Crippen molar-refractivity contribution in [2.45, 2.75) is 90.9 Å². The fourth-order valence-corrected chi connectivity index (χ4v) is 12.2. The molecule has 66 heavy (non-hydrogen) atoms. The molecular formula is C64H56N2. The molecule has 0 N–H and O–H groups in total. The summed E-state index contributed by atoms with van der Waals surface area (Å²) in [6.45, 7) is 23.4. The highest BCUT2D eigenvalue weighted by Gasteiger charge is 2.38. The summed E-state index contributed by atoms with van der Waals surface area (Å²) in [6.07, 6.45) is 0. The number of aromatic nitrogens is 2. The van der Waals surface area contributed by atoms with E-state index in [4.69, 9.17) is 0 Å². The summed E-state index contributed by atoms with van der Waals surface area (Å²) in [6, 6.07) is 61.2. The Balaban J connectivity index is 0.986. The Morgan fingerprint density at radius 2 is 0.712 bits per heavy atom. The Labute approximate surface area is 388 Å². The van der Waals surface area contributed by atoms with Gasteiger partial charge in [0.05, 0.1) is 22.1 Å². The molecule has 2 heteroatoms. The minimum Gasteiger partial charge on any atom is -0.309 e. The van der Waals surface area contributed by atoms with E-state index < -0.39 is 0 Å². The van der Waals surface area contributed by atoms with Gasteiger partial charge in [0.2, 0.25) is 0 Å². The first-order valence-corrected chi connectivity index (χ1v) is 23.9. The molecule has 2 aliphatic rings. The highest BCUT2D eigenvalue weighted by molar-refractivity contribution is 6.14. The fraction of sp³-hybridized carbons (Fsp3) is 0.219. The molecular weight excluding hydrogens is 797 g/mol. The lowest BCUT2D eigenvalue weighted by molar-refractivity contribution is 0.591. The minimum absolute atomic E-state index is 0.0404. The number of nitrogens with zero attached hydrogens (tertiary/aromatic N) is 2. The van der Waals surface area contributed by atoms with Crippen LogP contribution in [0.3, 0.4) is 0 Å². The third kappa shape index (κ3) is 5.36. The molecule has 0 saturated carbocycles. The maximum Gasteiger partial charge on any atom is 0.0544 e. The van der Waals surface area contributed by atoms with Crippen molar-refractivity contribution >= 4 is 65.2 Å². The largest absolute Gasteiger partial charge is 0.309 e. The van der Waals surface area contributed by atoms with Crippen molar-refractivity contribution in [1.82, 2.24) is 9.13 Å². The molecule has 0 fully saturated rings. The topological polar surface area (TPSA) is 9.86 Å². The standard InChI is InChI=1S/C64H56N2/c1-61(2,3)41-21-25-57-49(31-41)51-33-47-45-15-11-13-17-53(45)63(7,8)55(47)35-59(51)65(57)43-23-19-37-28-40-30-44(24-20-38(40)27-39(37)29-43)66-58-26-22-42(62(4,5)6)32-50(58)52-34-48-46-16-12-14-18-54(46)64(9,10)56(48)36-60(52)66/h11-36H,1-10H3. The fourth-order valence-electron chi connectivity index (χ4n) is 12.2. The van der Waals surface area contributed by atoms with E-state index in [1.807, 2.05) is 0 Å². The van der Waals surface area contributed by atoms with E-state index in [-0.39, 0.29) is 21.7 Å². The molecule has 11 aromatic rings. The Kier molecular flexibility index (Phi) is 7.72. The maximum atomic E-state index is 2.52. The van der Waals surface area contributed by atoms with Crippen LogP contribution in [0.4, 0.5) is 0 Å². The van der Waals surface area contributed by atoms with Crippen molar-refractivity contribution in [3.8, 4) is 33.6 Å². The van der Waals surface area contributed by atoms with Gasteiger partial charge in [-0.2, -0.15) is 0 Å². The lowest BCUT2D eigenvalue weighted by Crippen LogP contribution is -2.15. The Morgan fingerprint density at radius 3 is 1.12 bits per heavy atom. The summed E-state index contributed by atoms with van der Waals surface area (Å²) < 4.78 is 5.04. The number of hydrogen-bond donors (Lipinski definition) is 0. The van der Waals surface area contributed by atoms with Crippen LogP contribution in [-0.4, -0.2) is 9.13 Å². The Morgan fingerprint density at radius 1 is 0.318 bits per heavy atom. The van der Waals surface area contributed by atoms with Crippen LogP contribution < -0.4 is 0 Å². The average molecular weight is 853 g/mol. The first-order chi connectivity index (χ1) is 31.5. The third-order valence-electron chi connectivity index (χ3n) is 15.9. The van der Waals surface area contributed by atoms with Crippen LogP contribution in [0.1, 0.15) is 103 Å². The van der Waals surface area contributed by atoms with Crippen molar-refractivity contribution in [1.29, 1.82) is 0 Å². The summed E-state index contributed by atoms with van der Waals surface area (Å²) in [5.74, 6) is 0. The number of hydrogen-bond acceptors (Lipinski definition) is 0. The molecule has 2 heterocycles. The van der Waals surface area contributed by atoms with E-state index in [0.717, 1.165) is 0 Å². The highest BCUT2D eigenvalue weighted by Crippen LogP contribution is 2.53. The van der Waals surface area contributed by atoms with Crippen LogP contribution in [0, 0.1) is 0 Å². The molecule has 2 nitrogen and oxygen atoms in total. The van der Waals surface area contributed by atoms with Crippen molar-refractivity contribution in [3.63, 3.8) is 0 Å². The van der Waals surface area contributed by atoms with E-state index >= 15 is 0 Å². The summed E-state index contributed by atoms with van der Waals surface area (Å²) in [5, 5.41) is 10.2. The van der Waals surface area contributed by atoms with Crippen LogP contribution >= 0.6 is 0 Å². The van der Waals surface area contributed by atoms with Crippen LogP contribution in [0.2, 0.25) is 0 Å². The Bertz CT molecular complexity index is 3680. The zero-order chi connectivity index (χ0) is 45.4. The molecule has 322 valence electrons. The molecule has 0 bridgehead atoms. The quantitative estimate of drug-likeness (QED) is 0.153. The third-order valence-corrected chi connectivity index (χ3v) is 15.9. The second kappa shape index (κ2) is 12.9. The van der Waals surface area contributed by atoms with Crippen LogP contribution in [-0.2, 0) is 21.7 Å². The van der Waals surface area contributed by atoms with Gasteiger partial charge in [-0.3, -0.25) is 0 Å². The molecule has 13 rings (SSSR count). The van der Waals surface area contributed by atoms with Crippen molar-refractivity contribution < 1.29 is 0 Å².